The number of aliphatic hydroxyl groups excluding tert-OH is 5. The molecule has 7 rings (SSSR count). The maximum atomic E-state index is 17.5. The van der Waals surface area contributed by atoms with E-state index < -0.39 is 181 Å². The first-order valence-electron chi connectivity index (χ1n) is 24.9. The van der Waals surface area contributed by atoms with Gasteiger partial charge in [-0.25, -0.2) is 4.39 Å². The minimum atomic E-state index is -2.16. The minimum absolute atomic E-state index is 0.00224. The van der Waals surface area contributed by atoms with E-state index in [9.17, 15) is 54.6 Å². The van der Waals surface area contributed by atoms with Crippen LogP contribution in [0.5, 0.6) is 0 Å². The molecule has 0 amide bonds. The zero-order valence-electron chi connectivity index (χ0n) is 40.9. The molecule has 5 aliphatic carbocycles. The number of fused-ring (bicyclic) bond motifs is 5. The van der Waals surface area contributed by atoms with E-state index in [1.54, 1.807) is 20.8 Å². The van der Waals surface area contributed by atoms with Crippen LogP contribution >= 0.6 is 0 Å². The van der Waals surface area contributed by atoms with Crippen LogP contribution in [0, 0.1) is 28.6 Å². The number of alkyl halides is 1. The SMILES string of the molecule is C[C@@H]1CC2C3CCC4=CC(=O)C=C[C@]4(C)[C@@]3(F)[C@@H](O)C[C@]2(C)[C@@]1(O)C(=O)COC(=O)CCC(=O)OCCCC(=O)OC[C@H]1O[C@H](O[C@@H]2[C@@H](O)[C@H](O[C@H]3O[C@H](CN)[C@@H](O)C[C@H]3N)[C@@H](N)C[C@H]2N)[C@H](O)[C@@H](N)[C@@H]1O. The van der Waals surface area contributed by atoms with Crippen LogP contribution < -0.4 is 28.7 Å². The molecule has 2 heterocycles. The van der Waals surface area contributed by atoms with Gasteiger partial charge >= 0.3 is 17.9 Å². The Morgan fingerprint density at radius 2 is 1.42 bits per heavy atom. The second-order valence-electron chi connectivity index (χ2n) is 21.4. The highest BCUT2D eigenvalue weighted by Crippen LogP contribution is 2.70. The lowest BCUT2D eigenvalue weighted by Gasteiger charge is -2.62. The predicted octanol–water partition coefficient (Wildman–Crippen LogP) is -3.18. The van der Waals surface area contributed by atoms with Crippen molar-refractivity contribution < 1.29 is 92.2 Å². The maximum absolute atomic E-state index is 17.5. The number of rotatable bonds is 17. The highest BCUT2D eigenvalue weighted by atomic mass is 19.1. The van der Waals surface area contributed by atoms with Gasteiger partial charge in [0.1, 0.15) is 48.8 Å². The lowest BCUT2D eigenvalue weighted by atomic mass is 9.44. The molecular weight excluding hydrogens is 954 g/mol. The number of aliphatic hydroxyl groups is 6. The summed E-state index contributed by atoms with van der Waals surface area (Å²) in [5, 5.41) is 66.9. The third-order valence-electron chi connectivity index (χ3n) is 17.0. The Balaban J connectivity index is 0.818. The van der Waals surface area contributed by atoms with Gasteiger partial charge in [-0.1, -0.05) is 25.5 Å². The third kappa shape index (κ3) is 10.3. The molecule has 22 atom stereocenters. The van der Waals surface area contributed by atoms with E-state index in [1.165, 1.54) is 18.2 Å². The van der Waals surface area contributed by atoms with Gasteiger partial charge in [0.05, 0.1) is 49.8 Å². The van der Waals surface area contributed by atoms with Crippen LogP contribution in [-0.2, 0) is 57.1 Å². The fraction of sp³-hybridized carbons (Fsp3) is 0.812. The summed E-state index contributed by atoms with van der Waals surface area (Å²) in [7, 11) is 0. The molecule has 0 bridgehead atoms. The highest BCUT2D eigenvalue weighted by Gasteiger charge is 2.75. The zero-order valence-corrected chi connectivity index (χ0v) is 40.9. The summed E-state index contributed by atoms with van der Waals surface area (Å²) in [6.07, 6.45) is -10.2. The van der Waals surface area contributed by atoms with Crippen molar-refractivity contribution in [1.29, 1.82) is 0 Å². The van der Waals surface area contributed by atoms with E-state index in [4.69, 9.17) is 61.8 Å². The number of ketones is 2. The van der Waals surface area contributed by atoms with Crippen molar-refractivity contribution in [2.75, 3.05) is 26.4 Å². The largest absolute Gasteiger partial charge is 0.466 e. The normalized spacial score (nSPS) is 45.8. The number of ether oxygens (including phenoxy) is 7. The first kappa shape index (κ1) is 56.3. The smallest absolute Gasteiger partial charge is 0.306 e. The van der Waals surface area contributed by atoms with Gasteiger partial charge in [-0.05, 0) is 75.9 Å². The predicted molar refractivity (Wildman–Crippen MR) is 245 cm³/mol. The quantitative estimate of drug-likeness (QED) is 0.0389. The number of nitrogens with two attached hydrogens (primary N) is 5. The van der Waals surface area contributed by atoms with Gasteiger partial charge in [-0.3, -0.25) is 24.0 Å². The molecule has 0 aromatic rings. The Labute approximate surface area is 416 Å². The van der Waals surface area contributed by atoms with Crippen LogP contribution in [-0.4, -0.2) is 189 Å². The van der Waals surface area contributed by atoms with E-state index in [0.717, 1.165) is 0 Å². The molecule has 23 nitrogen and oxygen atoms in total. The van der Waals surface area contributed by atoms with E-state index in [-0.39, 0.29) is 57.5 Å². The summed E-state index contributed by atoms with van der Waals surface area (Å²) < 4.78 is 56.5. The molecule has 4 saturated carbocycles. The summed E-state index contributed by atoms with van der Waals surface area (Å²) >= 11 is 0. The summed E-state index contributed by atoms with van der Waals surface area (Å²) in [6.45, 7) is 3.40. The molecule has 0 spiro atoms. The van der Waals surface area contributed by atoms with Gasteiger partial charge in [0.25, 0.3) is 0 Å². The summed E-state index contributed by atoms with van der Waals surface area (Å²) in [5.41, 5.74) is 24.4. The van der Waals surface area contributed by atoms with Crippen LogP contribution in [0.15, 0.2) is 23.8 Å². The Bertz CT molecular complexity index is 2090. The van der Waals surface area contributed by atoms with E-state index >= 15 is 4.39 Å². The summed E-state index contributed by atoms with van der Waals surface area (Å²) in [4.78, 5) is 63.8. The number of esters is 3. The average molecular weight is 1030 g/mol. The van der Waals surface area contributed by atoms with Gasteiger partial charge in [0.15, 0.2) is 30.6 Å². The molecular formula is C48H74FN5O18. The Kier molecular flexibility index (Phi) is 17.2. The molecule has 0 radical (unpaired) electrons. The number of Topliss-reactive ketones (excluding diaryl/α,β-unsaturated/α-hetero) is 1. The van der Waals surface area contributed by atoms with Crippen LogP contribution in [0.1, 0.15) is 85.0 Å². The fourth-order valence-electron chi connectivity index (χ4n) is 12.8. The minimum Gasteiger partial charge on any atom is -0.466 e. The topological polar surface area (TPSA) is 401 Å². The van der Waals surface area contributed by atoms with Crippen molar-refractivity contribution in [3.63, 3.8) is 0 Å². The van der Waals surface area contributed by atoms with Crippen LogP contribution in [0.25, 0.3) is 0 Å². The Hall–Kier alpha value is -3.44. The first-order valence-corrected chi connectivity index (χ1v) is 24.9. The van der Waals surface area contributed by atoms with Gasteiger partial charge < -0.3 is 92.5 Å². The van der Waals surface area contributed by atoms with E-state index in [2.05, 4.69) is 0 Å². The van der Waals surface area contributed by atoms with Crippen molar-refractivity contribution in [2.45, 2.75) is 188 Å². The van der Waals surface area contributed by atoms with Gasteiger partial charge in [-0.2, -0.15) is 0 Å². The molecule has 7 aliphatic rings. The number of hydrogen-bond acceptors (Lipinski definition) is 23. The van der Waals surface area contributed by atoms with Crippen molar-refractivity contribution in [2.24, 2.45) is 57.3 Å². The van der Waals surface area contributed by atoms with Crippen molar-refractivity contribution >= 4 is 29.5 Å². The fourth-order valence-corrected chi connectivity index (χ4v) is 12.8. The second kappa shape index (κ2) is 22.0. The lowest BCUT2D eigenvalue weighted by Crippen LogP contribution is -2.69. The van der Waals surface area contributed by atoms with Crippen LogP contribution in [0.4, 0.5) is 4.39 Å². The Morgan fingerprint density at radius 1 is 0.792 bits per heavy atom. The highest BCUT2D eigenvalue weighted by molar-refractivity contribution is 6.01. The molecule has 2 unspecified atom stereocenters. The lowest BCUT2D eigenvalue weighted by molar-refractivity contribution is -0.315. The molecule has 16 N–H and O–H groups in total. The molecule has 2 aliphatic heterocycles. The number of allylic oxidation sites excluding steroid dienone is 4. The van der Waals surface area contributed by atoms with Crippen molar-refractivity contribution in [3.05, 3.63) is 23.8 Å². The third-order valence-corrected chi connectivity index (χ3v) is 17.0. The summed E-state index contributed by atoms with van der Waals surface area (Å²) in [5.74, 6) is -5.48. The monoisotopic (exact) mass is 1030 g/mol. The number of hydrogen-bond donors (Lipinski definition) is 11. The molecule has 24 heteroatoms. The van der Waals surface area contributed by atoms with Crippen LogP contribution in [0.2, 0.25) is 0 Å². The van der Waals surface area contributed by atoms with E-state index in [1.807, 2.05) is 0 Å². The molecule has 72 heavy (non-hydrogen) atoms. The van der Waals surface area contributed by atoms with E-state index in [0.29, 0.717) is 18.4 Å². The second-order valence-corrected chi connectivity index (χ2v) is 21.4. The molecule has 406 valence electrons. The molecule has 0 aromatic carbocycles. The van der Waals surface area contributed by atoms with Gasteiger partial charge in [-0.15, -0.1) is 0 Å². The van der Waals surface area contributed by atoms with Gasteiger partial charge in [0, 0.05) is 41.8 Å². The standard InChI is InChI=1S/C48H74FN5O18/c1-21-13-25-24-7-6-22-14-23(55)10-11-45(22,2)47(24,49)32(57)17-46(25,3)48(21,65)33(58)20-68-36(61)9-8-35(60)66-12-4-5-34(59)67-19-31-38(62)37(54)39(63)44(70-31)72-42-27(52)15-26(51)41(40(42)64)71-43-28(53)16-29(56)30(18-50)69-43/h10-11,14,21,24-32,37-44,56-57,62-65H,4-9,12-13,15-20,50-54H2,1-3H3/t21-,24?,25?,26+,27-,28-,29+,30-,31-,32+,37+,38-,39-,40+,41-,42+,43-,44-,45+,46+,47+,48+/m1/s1. The maximum Gasteiger partial charge on any atom is 0.306 e. The number of halogens is 1. The number of carbonyl (C=O) groups excluding carboxylic acids is 5. The molecule has 6 fully saturated rings. The molecule has 0 aromatic heterocycles. The van der Waals surface area contributed by atoms with Gasteiger partial charge in [0.2, 0.25) is 5.78 Å². The van der Waals surface area contributed by atoms with Crippen molar-refractivity contribution in [1.82, 2.24) is 0 Å². The van der Waals surface area contributed by atoms with Crippen molar-refractivity contribution in [3.8, 4) is 0 Å². The van der Waals surface area contributed by atoms with Crippen LogP contribution in [0.3, 0.4) is 0 Å². The molecule has 2 saturated heterocycles. The first-order chi connectivity index (χ1) is 33.8. The Morgan fingerprint density at radius 3 is 2.08 bits per heavy atom. The summed E-state index contributed by atoms with van der Waals surface area (Å²) in [6, 6.07) is -3.84. The zero-order chi connectivity index (χ0) is 52.8. The average Bonchev–Trinajstić information content (AvgIpc) is 3.53. The number of carbonyl (C=O) groups is 5.